The lowest BCUT2D eigenvalue weighted by atomic mass is 10.1. The molecule has 0 aliphatic heterocycles. The maximum atomic E-state index is 12.0. The summed E-state index contributed by atoms with van der Waals surface area (Å²) in [7, 11) is 0. The van der Waals surface area contributed by atoms with Crippen LogP contribution in [-0.2, 0) is 17.6 Å². The quantitative estimate of drug-likeness (QED) is 0.743. The Labute approximate surface area is 147 Å². The Kier molecular flexibility index (Phi) is 6.94. The number of carbonyl (C=O) groups excluding carboxylic acids is 1. The van der Waals surface area contributed by atoms with E-state index in [1.54, 1.807) is 6.07 Å². The highest BCUT2D eigenvalue weighted by Gasteiger charge is 2.08. The van der Waals surface area contributed by atoms with Gasteiger partial charge in [0.05, 0.1) is 10.0 Å². The first-order valence-electron chi connectivity index (χ1n) is 7.82. The fraction of sp³-hybridized carbons (Fsp3) is 0.316. The minimum atomic E-state index is 0.0663. The lowest BCUT2D eigenvalue weighted by Gasteiger charge is -2.14. The van der Waals surface area contributed by atoms with Crippen LogP contribution in [-0.4, -0.2) is 11.9 Å². The van der Waals surface area contributed by atoms with Crippen LogP contribution in [0.1, 0.15) is 30.9 Å². The molecular weight excluding hydrogens is 329 g/mol. The molecule has 0 saturated heterocycles. The number of benzene rings is 2. The molecule has 2 aromatic rings. The van der Waals surface area contributed by atoms with E-state index in [0.717, 1.165) is 18.4 Å². The molecular formula is C19H21Cl2NO. The summed E-state index contributed by atoms with van der Waals surface area (Å²) >= 11 is 11.9. The largest absolute Gasteiger partial charge is 0.354 e. The molecule has 4 heteroatoms. The van der Waals surface area contributed by atoms with Crippen molar-refractivity contribution in [3.63, 3.8) is 0 Å². The lowest BCUT2D eigenvalue weighted by Crippen LogP contribution is -2.33. The summed E-state index contributed by atoms with van der Waals surface area (Å²) in [5.74, 6) is 0.0663. The Morgan fingerprint density at radius 3 is 2.43 bits per heavy atom. The summed E-state index contributed by atoms with van der Waals surface area (Å²) in [5.41, 5.74) is 2.32. The molecule has 0 aliphatic carbocycles. The molecule has 23 heavy (non-hydrogen) atoms. The zero-order chi connectivity index (χ0) is 16.7. The van der Waals surface area contributed by atoms with Gasteiger partial charge in [-0.2, -0.15) is 0 Å². The number of aryl methyl sites for hydroxylation is 2. The van der Waals surface area contributed by atoms with Crippen LogP contribution < -0.4 is 5.32 Å². The molecule has 0 aromatic heterocycles. The molecule has 0 bridgehead atoms. The fourth-order valence-corrected chi connectivity index (χ4v) is 2.72. The van der Waals surface area contributed by atoms with Crippen LogP contribution in [0.4, 0.5) is 0 Å². The van der Waals surface area contributed by atoms with E-state index in [-0.39, 0.29) is 11.9 Å². The summed E-state index contributed by atoms with van der Waals surface area (Å²) in [6, 6.07) is 16.0. The molecule has 0 aliphatic rings. The number of halogens is 2. The van der Waals surface area contributed by atoms with Crippen molar-refractivity contribution in [3.05, 3.63) is 69.7 Å². The molecule has 0 heterocycles. The van der Waals surface area contributed by atoms with E-state index in [4.69, 9.17) is 23.2 Å². The first-order chi connectivity index (χ1) is 11.0. The fourth-order valence-electron chi connectivity index (χ4n) is 2.40. The van der Waals surface area contributed by atoms with Crippen LogP contribution in [0.2, 0.25) is 10.0 Å². The van der Waals surface area contributed by atoms with Crippen molar-refractivity contribution < 1.29 is 4.79 Å². The minimum absolute atomic E-state index is 0.0663. The molecule has 0 unspecified atom stereocenters. The number of amides is 1. The maximum Gasteiger partial charge on any atom is 0.220 e. The van der Waals surface area contributed by atoms with Crippen molar-refractivity contribution in [3.8, 4) is 0 Å². The highest BCUT2D eigenvalue weighted by molar-refractivity contribution is 6.42. The summed E-state index contributed by atoms with van der Waals surface area (Å²) in [4.78, 5) is 12.0. The van der Waals surface area contributed by atoms with Crippen molar-refractivity contribution in [2.45, 2.75) is 38.6 Å². The Hall–Kier alpha value is -1.51. The Balaban J connectivity index is 1.72. The molecule has 122 valence electrons. The predicted molar refractivity (Wildman–Crippen MR) is 97.2 cm³/mol. The van der Waals surface area contributed by atoms with Gasteiger partial charge in [-0.25, -0.2) is 0 Å². The third-order valence-electron chi connectivity index (χ3n) is 3.74. The SMILES string of the molecule is C[C@@H](CCc1ccccc1)NC(=O)CCc1ccc(Cl)c(Cl)c1. The van der Waals surface area contributed by atoms with Gasteiger partial charge in [0, 0.05) is 12.5 Å². The molecule has 0 saturated carbocycles. The van der Waals surface area contributed by atoms with Crippen LogP contribution in [0.15, 0.2) is 48.5 Å². The van der Waals surface area contributed by atoms with E-state index in [1.807, 2.05) is 37.3 Å². The van der Waals surface area contributed by atoms with E-state index in [0.29, 0.717) is 22.9 Å². The third-order valence-corrected chi connectivity index (χ3v) is 4.48. The highest BCUT2D eigenvalue weighted by Crippen LogP contribution is 2.23. The Morgan fingerprint density at radius 1 is 1.00 bits per heavy atom. The van der Waals surface area contributed by atoms with Crippen molar-refractivity contribution in [2.75, 3.05) is 0 Å². The van der Waals surface area contributed by atoms with Gasteiger partial charge in [0.15, 0.2) is 0 Å². The molecule has 1 atom stereocenters. The average molecular weight is 350 g/mol. The van der Waals surface area contributed by atoms with E-state index in [1.165, 1.54) is 5.56 Å². The zero-order valence-electron chi connectivity index (χ0n) is 13.2. The molecule has 1 N–H and O–H groups in total. The maximum absolute atomic E-state index is 12.0. The van der Waals surface area contributed by atoms with E-state index in [2.05, 4.69) is 17.4 Å². The van der Waals surface area contributed by atoms with Gasteiger partial charge in [-0.1, -0.05) is 59.6 Å². The van der Waals surface area contributed by atoms with Gasteiger partial charge < -0.3 is 5.32 Å². The molecule has 2 rings (SSSR count). The van der Waals surface area contributed by atoms with Crippen molar-refractivity contribution in [1.82, 2.24) is 5.32 Å². The molecule has 0 radical (unpaired) electrons. The molecule has 0 fully saturated rings. The van der Waals surface area contributed by atoms with Gasteiger partial charge in [-0.05, 0) is 49.4 Å². The summed E-state index contributed by atoms with van der Waals surface area (Å²) in [6.07, 6.45) is 3.01. The lowest BCUT2D eigenvalue weighted by molar-refractivity contribution is -0.121. The van der Waals surface area contributed by atoms with Gasteiger partial charge in [0.25, 0.3) is 0 Å². The Morgan fingerprint density at radius 2 is 1.74 bits per heavy atom. The van der Waals surface area contributed by atoms with Crippen LogP contribution in [0.5, 0.6) is 0 Å². The monoisotopic (exact) mass is 349 g/mol. The zero-order valence-corrected chi connectivity index (χ0v) is 14.7. The average Bonchev–Trinajstić information content (AvgIpc) is 2.55. The topological polar surface area (TPSA) is 29.1 Å². The van der Waals surface area contributed by atoms with Gasteiger partial charge in [0.2, 0.25) is 5.91 Å². The molecule has 2 nitrogen and oxygen atoms in total. The highest BCUT2D eigenvalue weighted by atomic mass is 35.5. The normalized spacial score (nSPS) is 12.0. The second kappa shape index (κ2) is 8.95. The Bertz CT molecular complexity index is 643. The van der Waals surface area contributed by atoms with Gasteiger partial charge >= 0.3 is 0 Å². The molecule has 2 aromatic carbocycles. The van der Waals surface area contributed by atoms with Crippen molar-refractivity contribution >= 4 is 29.1 Å². The summed E-state index contributed by atoms with van der Waals surface area (Å²) in [6.45, 7) is 2.04. The first kappa shape index (κ1) is 17.8. The van der Waals surface area contributed by atoms with Gasteiger partial charge in [0.1, 0.15) is 0 Å². The van der Waals surface area contributed by atoms with E-state index < -0.39 is 0 Å². The van der Waals surface area contributed by atoms with E-state index >= 15 is 0 Å². The van der Waals surface area contributed by atoms with Crippen LogP contribution in [0, 0.1) is 0 Å². The second-order valence-electron chi connectivity index (χ2n) is 5.74. The number of hydrogen-bond donors (Lipinski definition) is 1. The van der Waals surface area contributed by atoms with Gasteiger partial charge in [-0.3, -0.25) is 4.79 Å². The first-order valence-corrected chi connectivity index (χ1v) is 8.57. The summed E-state index contributed by atoms with van der Waals surface area (Å²) < 4.78 is 0. The molecule has 1 amide bonds. The number of hydrogen-bond acceptors (Lipinski definition) is 1. The standard InChI is InChI=1S/C19H21Cl2NO/c1-14(7-8-15-5-3-2-4-6-15)22-19(23)12-10-16-9-11-17(20)18(21)13-16/h2-6,9,11,13-14H,7-8,10,12H2,1H3,(H,22,23)/t14-/m0/s1. The van der Waals surface area contributed by atoms with Gasteiger partial charge in [-0.15, -0.1) is 0 Å². The third kappa shape index (κ3) is 6.25. The second-order valence-corrected chi connectivity index (χ2v) is 6.56. The van der Waals surface area contributed by atoms with Crippen molar-refractivity contribution in [2.24, 2.45) is 0 Å². The van der Waals surface area contributed by atoms with Crippen LogP contribution >= 0.6 is 23.2 Å². The molecule has 0 spiro atoms. The van der Waals surface area contributed by atoms with Crippen LogP contribution in [0.25, 0.3) is 0 Å². The number of nitrogens with one attached hydrogen (secondary N) is 1. The predicted octanol–water partition coefficient (Wildman–Crippen LogP) is 5.06. The van der Waals surface area contributed by atoms with Crippen molar-refractivity contribution in [1.29, 1.82) is 0 Å². The van der Waals surface area contributed by atoms with Crippen LogP contribution in [0.3, 0.4) is 0 Å². The summed E-state index contributed by atoms with van der Waals surface area (Å²) in [5, 5.41) is 4.11. The number of carbonyl (C=O) groups is 1. The number of rotatable bonds is 7. The minimum Gasteiger partial charge on any atom is -0.354 e. The van der Waals surface area contributed by atoms with E-state index in [9.17, 15) is 4.79 Å². The smallest absolute Gasteiger partial charge is 0.220 e.